The Morgan fingerprint density at radius 1 is 1.48 bits per heavy atom. The fourth-order valence-corrected chi connectivity index (χ4v) is 2.97. The highest BCUT2D eigenvalue weighted by Gasteiger charge is 2.44. The maximum atomic E-state index is 11.7. The van der Waals surface area contributed by atoms with Gasteiger partial charge in [0.15, 0.2) is 0 Å². The van der Waals surface area contributed by atoms with E-state index in [4.69, 9.17) is 15.6 Å². The van der Waals surface area contributed by atoms with Crippen LogP contribution in [0.25, 0.3) is 0 Å². The van der Waals surface area contributed by atoms with Crippen molar-refractivity contribution in [1.29, 1.82) is 0 Å². The Kier molecular flexibility index (Phi) is 5.20. The van der Waals surface area contributed by atoms with Gasteiger partial charge in [-0.05, 0) is 43.5 Å². The summed E-state index contributed by atoms with van der Waals surface area (Å²) in [6.07, 6.45) is 2.78. The number of ether oxygens (including phenoxy) is 1. The van der Waals surface area contributed by atoms with Crippen molar-refractivity contribution in [2.24, 2.45) is 5.73 Å². The summed E-state index contributed by atoms with van der Waals surface area (Å²) in [5, 5.41) is 12.1. The van der Waals surface area contributed by atoms with Gasteiger partial charge in [-0.25, -0.2) is 0 Å². The van der Waals surface area contributed by atoms with Gasteiger partial charge >= 0.3 is 0 Å². The van der Waals surface area contributed by atoms with Gasteiger partial charge in [0.25, 0.3) is 0 Å². The number of likely N-dealkylation sites (N-methyl/N-ethyl adjacent to an activating group) is 1. The summed E-state index contributed by atoms with van der Waals surface area (Å²) in [5.41, 5.74) is 6.00. The lowest BCUT2D eigenvalue weighted by Gasteiger charge is -2.26. The Morgan fingerprint density at radius 2 is 2.19 bits per heavy atom. The summed E-state index contributed by atoms with van der Waals surface area (Å²) < 4.78 is 5.95. The normalized spacial score (nSPS) is 25.0. The molecule has 1 amide bonds. The van der Waals surface area contributed by atoms with Gasteiger partial charge in [0, 0.05) is 13.0 Å². The number of aliphatic hydroxyl groups is 1. The van der Waals surface area contributed by atoms with Gasteiger partial charge in [-0.3, -0.25) is 4.79 Å². The van der Waals surface area contributed by atoms with E-state index in [9.17, 15) is 4.79 Å². The molecule has 0 heterocycles. The number of nitrogens with one attached hydrogen (secondary N) is 1. The predicted octanol–water partition coefficient (Wildman–Crippen LogP) is 0.986. The van der Waals surface area contributed by atoms with Gasteiger partial charge in [0.1, 0.15) is 17.4 Å². The average molecular weight is 292 g/mol. The summed E-state index contributed by atoms with van der Waals surface area (Å²) in [4.78, 5) is 11.7. The van der Waals surface area contributed by atoms with Gasteiger partial charge in [-0.1, -0.05) is 19.1 Å². The molecule has 1 aliphatic rings. The highest BCUT2D eigenvalue weighted by molar-refractivity contribution is 5.85. The first kappa shape index (κ1) is 15.8. The minimum Gasteiger partial charge on any atom is -0.490 e. The van der Waals surface area contributed by atoms with Crippen molar-refractivity contribution in [3.63, 3.8) is 0 Å². The molecule has 5 nitrogen and oxygen atoms in total. The van der Waals surface area contributed by atoms with Crippen molar-refractivity contribution in [2.75, 3.05) is 13.2 Å². The number of amides is 1. The first-order valence-electron chi connectivity index (χ1n) is 7.51. The van der Waals surface area contributed by atoms with Crippen LogP contribution in [0.4, 0.5) is 0 Å². The molecule has 4 N–H and O–H groups in total. The first-order chi connectivity index (χ1) is 10.1. The molecular weight excluding hydrogens is 268 g/mol. The molecule has 2 rings (SSSR count). The molecule has 0 aliphatic heterocycles. The lowest BCUT2D eigenvalue weighted by atomic mass is 9.96. The average Bonchev–Trinajstić information content (AvgIpc) is 2.86. The Bertz CT molecular complexity index is 475. The molecule has 0 radical (unpaired) electrons. The lowest BCUT2D eigenvalue weighted by molar-refractivity contribution is -0.124. The highest BCUT2D eigenvalue weighted by atomic mass is 16.5. The number of benzene rings is 1. The van der Waals surface area contributed by atoms with Crippen molar-refractivity contribution >= 4 is 5.91 Å². The maximum absolute atomic E-state index is 11.7. The van der Waals surface area contributed by atoms with Crippen LogP contribution in [0.5, 0.6) is 5.75 Å². The zero-order chi connectivity index (χ0) is 15.3. The van der Waals surface area contributed by atoms with E-state index in [0.29, 0.717) is 25.8 Å². The molecule has 0 bridgehead atoms. The van der Waals surface area contributed by atoms with Crippen LogP contribution in [0.2, 0.25) is 0 Å². The van der Waals surface area contributed by atoms with Crippen LogP contribution in [0, 0.1) is 0 Å². The molecule has 0 aromatic heterocycles. The number of carbonyl (C=O) groups excluding carboxylic acids is 1. The van der Waals surface area contributed by atoms with Crippen LogP contribution in [0.3, 0.4) is 0 Å². The number of nitrogens with two attached hydrogens (primary N) is 1. The van der Waals surface area contributed by atoms with Crippen molar-refractivity contribution in [3.05, 3.63) is 29.8 Å². The monoisotopic (exact) mass is 292 g/mol. The van der Waals surface area contributed by atoms with Gasteiger partial charge in [-0.15, -0.1) is 0 Å². The SMILES string of the molecule is CCNC1(C(N)=O)CCC(Oc2ccc(CCO)cc2)C1. The van der Waals surface area contributed by atoms with Gasteiger partial charge in [0.2, 0.25) is 5.91 Å². The van der Waals surface area contributed by atoms with Crippen LogP contribution in [0.15, 0.2) is 24.3 Å². The van der Waals surface area contributed by atoms with Crippen molar-refractivity contribution in [3.8, 4) is 5.75 Å². The first-order valence-corrected chi connectivity index (χ1v) is 7.51. The number of aliphatic hydroxyl groups excluding tert-OH is 1. The minimum atomic E-state index is -0.629. The molecule has 21 heavy (non-hydrogen) atoms. The van der Waals surface area contributed by atoms with Crippen LogP contribution in [-0.2, 0) is 11.2 Å². The largest absolute Gasteiger partial charge is 0.490 e. The molecule has 1 aromatic rings. The molecule has 0 spiro atoms. The summed E-state index contributed by atoms with van der Waals surface area (Å²) in [7, 11) is 0. The molecule has 2 atom stereocenters. The molecule has 1 aliphatic carbocycles. The zero-order valence-electron chi connectivity index (χ0n) is 12.5. The summed E-state index contributed by atoms with van der Waals surface area (Å²) >= 11 is 0. The predicted molar refractivity (Wildman–Crippen MR) is 81.1 cm³/mol. The molecular formula is C16H24N2O3. The fourth-order valence-electron chi connectivity index (χ4n) is 2.97. The van der Waals surface area contributed by atoms with E-state index in [1.165, 1.54) is 0 Å². The van der Waals surface area contributed by atoms with Crippen molar-refractivity contribution in [1.82, 2.24) is 5.32 Å². The Hall–Kier alpha value is -1.59. The van der Waals surface area contributed by atoms with E-state index < -0.39 is 5.54 Å². The second-order valence-corrected chi connectivity index (χ2v) is 5.58. The molecule has 2 unspecified atom stereocenters. The standard InChI is InChI=1S/C16H24N2O3/c1-2-18-16(15(17)20)9-7-14(11-16)21-13-5-3-12(4-6-13)8-10-19/h3-6,14,18-19H,2,7-11H2,1H3,(H2,17,20). The third-order valence-corrected chi connectivity index (χ3v) is 4.08. The van der Waals surface area contributed by atoms with E-state index in [-0.39, 0.29) is 18.6 Å². The quantitative estimate of drug-likeness (QED) is 0.699. The number of rotatable bonds is 7. The molecule has 116 valence electrons. The second-order valence-electron chi connectivity index (χ2n) is 5.58. The highest BCUT2D eigenvalue weighted by Crippen LogP contribution is 2.32. The molecule has 5 heteroatoms. The van der Waals surface area contributed by atoms with E-state index in [1.807, 2.05) is 31.2 Å². The summed E-state index contributed by atoms with van der Waals surface area (Å²) in [5.74, 6) is 0.493. The number of hydrogen-bond donors (Lipinski definition) is 3. The summed E-state index contributed by atoms with van der Waals surface area (Å²) in [6, 6.07) is 7.71. The third kappa shape index (κ3) is 3.74. The second kappa shape index (κ2) is 6.91. The fraction of sp³-hybridized carbons (Fsp3) is 0.562. The van der Waals surface area contributed by atoms with Crippen LogP contribution in [-0.4, -0.2) is 35.8 Å². The van der Waals surface area contributed by atoms with E-state index >= 15 is 0 Å². The van der Waals surface area contributed by atoms with Gasteiger partial charge < -0.3 is 20.9 Å². The Labute approximate surface area is 125 Å². The molecule has 1 saturated carbocycles. The van der Waals surface area contributed by atoms with Crippen LogP contribution in [0.1, 0.15) is 31.7 Å². The third-order valence-electron chi connectivity index (χ3n) is 4.08. The van der Waals surface area contributed by atoms with E-state index in [1.54, 1.807) is 0 Å². The maximum Gasteiger partial charge on any atom is 0.237 e. The van der Waals surface area contributed by atoms with Gasteiger partial charge in [0.05, 0.1) is 0 Å². The topological polar surface area (TPSA) is 84.6 Å². The molecule has 0 saturated heterocycles. The lowest BCUT2D eigenvalue weighted by Crippen LogP contribution is -2.54. The van der Waals surface area contributed by atoms with E-state index in [0.717, 1.165) is 17.7 Å². The smallest absolute Gasteiger partial charge is 0.237 e. The summed E-state index contributed by atoms with van der Waals surface area (Å²) in [6.45, 7) is 2.83. The van der Waals surface area contributed by atoms with Crippen LogP contribution < -0.4 is 15.8 Å². The Morgan fingerprint density at radius 3 is 2.76 bits per heavy atom. The number of primary amides is 1. The molecule has 1 aromatic carbocycles. The number of carbonyl (C=O) groups is 1. The van der Waals surface area contributed by atoms with Gasteiger partial charge in [-0.2, -0.15) is 0 Å². The van der Waals surface area contributed by atoms with E-state index in [2.05, 4.69) is 5.32 Å². The van der Waals surface area contributed by atoms with Crippen LogP contribution >= 0.6 is 0 Å². The van der Waals surface area contributed by atoms with Crippen molar-refractivity contribution in [2.45, 2.75) is 44.2 Å². The Balaban J connectivity index is 1.96. The van der Waals surface area contributed by atoms with Crippen molar-refractivity contribution < 1.29 is 14.6 Å². The zero-order valence-corrected chi connectivity index (χ0v) is 12.5. The molecule has 1 fully saturated rings. The number of hydrogen-bond acceptors (Lipinski definition) is 4. The minimum absolute atomic E-state index is 0.000224.